The van der Waals surface area contributed by atoms with E-state index in [-0.39, 0.29) is 24.0 Å². The van der Waals surface area contributed by atoms with Gasteiger partial charge in [0.15, 0.2) is 0 Å². The first kappa shape index (κ1) is 10.9. The van der Waals surface area contributed by atoms with Crippen LogP contribution in [-0.2, 0) is 9.53 Å². The third-order valence-electron chi connectivity index (χ3n) is 3.47. The van der Waals surface area contributed by atoms with E-state index in [1.165, 1.54) is 0 Å². The van der Waals surface area contributed by atoms with Crippen molar-refractivity contribution in [1.29, 1.82) is 0 Å². The average molecular weight is 213 g/mol. The van der Waals surface area contributed by atoms with Crippen LogP contribution in [0.2, 0.25) is 0 Å². The van der Waals surface area contributed by atoms with Crippen molar-refractivity contribution in [2.75, 3.05) is 19.7 Å². The maximum absolute atomic E-state index is 12.1. The third kappa shape index (κ3) is 2.32. The maximum atomic E-state index is 12.1. The fourth-order valence-electron chi connectivity index (χ4n) is 2.38. The molecule has 0 aromatic rings. The van der Waals surface area contributed by atoms with Crippen LogP contribution in [0.3, 0.4) is 0 Å². The zero-order valence-corrected chi connectivity index (χ0v) is 9.19. The molecule has 1 amide bonds. The van der Waals surface area contributed by atoms with Crippen LogP contribution in [-0.4, -0.2) is 47.8 Å². The van der Waals surface area contributed by atoms with Crippen LogP contribution in [0.1, 0.15) is 26.2 Å². The highest BCUT2D eigenvalue weighted by atomic mass is 16.5. The van der Waals surface area contributed by atoms with E-state index in [1.54, 1.807) is 0 Å². The molecule has 0 bridgehead atoms. The van der Waals surface area contributed by atoms with Crippen molar-refractivity contribution in [1.82, 2.24) is 4.90 Å². The van der Waals surface area contributed by atoms with Gasteiger partial charge in [-0.1, -0.05) is 0 Å². The molecule has 0 spiro atoms. The molecule has 4 nitrogen and oxygen atoms in total. The van der Waals surface area contributed by atoms with E-state index in [0.717, 1.165) is 6.42 Å². The van der Waals surface area contributed by atoms with Crippen molar-refractivity contribution in [3.63, 3.8) is 0 Å². The quantitative estimate of drug-likeness (QED) is 0.685. The largest absolute Gasteiger partial charge is 0.393 e. The Kier molecular flexibility index (Phi) is 3.26. The summed E-state index contributed by atoms with van der Waals surface area (Å²) in [7, 11) is 0. The van der Waals surface area contributed by atoms with Gasteiger partial charge in [-0.05, 0) is 26.2 Å². The number of amides is 1. The number of carbonyl (C=O) groups excluding carboxylic acids is 1. The highest BCUT2D eigenvalue weighted by molar-refractivity contribution is 5.79. The van der Waals surface area contributed by atoms with Crippen LogP contribution in [0.25, 0.3) is 0 Å². The number of likely N-dealkylation sites (tertiary alicyclic amines) is 1. The van der Waals surface area contributed by atoms with Gasteiger partial charge in [0.1, 0.15) is 0 Å². The summed E-state index contributed by atoms with van der Waals surface area (Å²) in [5, 5.41) is 9.36. The van der Waals surface area contributed by atoms with Gasteiger partial charge in [0.2, 0.25) is 5.91 Å². The standard InChI is InChI=1S/C11H19NO3/c1-8-10(4-7-15-8)11(14)12-5-2-9(13)3-6-12/h8-10,13H,2-7H2,1H3. The first-order chi connectivity index (χ1) is 7.18. The number of aliphatic hydroxyl groups excluding tert-OH is 1. The highest BCUT2D eigenvalue weighted by Gasteiger charge is 2.34. The van der Waals surface area contributed by atoms with Gasteiger partial charge in [0.05, 0.1) is 18.1 Å². The molecule has 0 radical (unpaired) electrons. The molecule has 4 heteroatoms. The molecule has 0 aromatic carbocycles. The fraction of sp³-hybridized carbons (Fsp3) is 0.909. The summed E-state index contributed by atoms with van der Waals surface area (Å²) in [4.78, 5) is 14.0. The van der Waals surface area contributed by atoms with Crippen LogP contribution in [0.15, 0.2) is 0 Å². The van der Waals surface area contributed by atoms with Gasteiger partial charge in [-0.2, -0.15) is 0 Å². The van der Waals surface area contributed by atoms with Gasteiger partial charge in [-0.3, -0.25) is 4.79 Å². The Bertz CT molecular complexity index is 236. The minimum atomic E-state index is -0.216. The molecule has 2 atom stereocenters. The predicted octanol–water partition coefficient (Wildman–Crippen LogP) is 0.395. The molecule has 2 aliphatic rings. The number of hydrogen-bond donors (Lipinski definition) is 1. The van der Waals surface area contributed by atoms with Gasteiger partial charge >= 0.3 is 0 Å². The first-order valence-electron chi connectivity index (χ1n) is 5.77. The molecule has 15 heavy (non-hydrogen) atoms. The number of rotatable bonds is 1. The van der Waals surface area contributed by atoms with E-state index in [4.69, 9.17) is 4.74 Å². The topological polar surface area (TPSA) is 49.8 Å². The molecule has 0 aliphatic carbocycles. The molecule has 2 aliphatic heterocycles. The normalized spacial score (nSPS) is 33.3. The van der Waals surface area contributed by atoms with Gasteiger partial charge in [0, 0.05) is 19.7 Å². The summed E-state index contributed by atoms with van der Waals surface area (Å²) in [5.74, 6) is 0.257. The third-order valence-corrected chi connectivity index (χ3v) is 3.47. The zero-order chi connectivity index (χ0) is 10.8. The molecular weight excluding hydrogens is 194 g/mol. The second-order valence-electron chi connectivity index (χ2n) is 4.53. The smallest absolute Gasteiger partial charge is 0.228 e. The van der Waals surface area contributed by atoms with Gasteiger partial charge in [-0.25, -0.2) is 0 Å². The Morgan fingerprint density at radius 2 is 2.00 bits per heavy atom. The lowest BCUT2D eigenvalue weighted by atomic mass is 9.99. The highest BCUT2D eigenvalue weighted by Crippen LogP contribution is 2.24. The van der Waals surface area contributed by atoms with Crippen molar-refractivity contribution in [3.05, 3.63) is 0 Å². The summed E-state index contributed by atoms with van der Waals surface area (Å²) in [5.41, 5.74) is 0. The molecule has 2 heterocycles. The predicted molar refractivity (Wildman–Crippen MR) is 55.3 cm³/mol. The Morgan fingerprint density at radius 1 is 1.33 bits per heavy atom. The number of hydrogen-bond acceptors (Lipinski definition) is 3. The van der Waals surface area contributed by atoms with E-state index in [2.05, 4.69) is 0 Å². The van der Waals surface area contributed by atoms with Gasteiger partial charge < -0.3 is 14.7 Å². The van der Waals surface area contributed by atoms with Crippen LogP contribution >= 0.6 is 0 Å². The van der Waals surface area contributed by atoms with Crippen molar-refractivity contribution in [2.45, 2.75) is 38.4 Å². The molecule has 1 N–H and O–H groups in total. The zero-order valence-electron chi connectivity index (χ0n) is 9.19. The Labute approximate surface area is 90.2 Å². The van der Waals surface area contributed by atoms with Crippen LogP contribution < -0.4 is 0 Å². The lowest BCUT2D eigenvalue weighted by molar-refractivity contribution is -0.139. The monoisotopic (exact) mass is 213 g/mol. The second-order valence-corrected chi connectivity index (χ2v) is 4.53. The van der Waals surface area contributed by atoms with Crippen molar-refractivity contribution in [2.24, 2.45) is 5.92 Å². The van der Waals surface area contributed by atoms with Crippen LogP contribution in [0.5, 0.6) is 0 Å². The molecule has 0 aromatic heterocycles. The molecule has 2 saturated heterocycles. The maximum Gasteiger partial charge on any atom is 0.228 e. The van der Waals surface area contributed by atoms with Crippen molar-refractivity contribution in [3.8, 4) is 0 Å². The Hall–Kier alpha value is -0.610. The fourth-order valence-corrected chi connectivity index (χ4v) is 2.38. The van der Waals surface area contributed by atoms with E-state index in [9.17, 15) is 9.90 Å². The van der Waals surface area contributed by atoms with Crippen LogP contribution in [0, 0.1) is 5.92 Å². The summed E-state index contributed by atoms with van der Waals surface area (Å²) < 4.78 is 5.40. The number of nitrogens with zero attached hydrogens (tertiary/aromatic N) is 1. The van der Waals surface area contributed by atoms with E-state index in [0.29, 0.717) is 32.5 Å². The number of piperidine rings is 1. The van der Waals surface area contributed by atoms with Gasteiger partial charge in [0.25, 0.3) is 0 Å². The van der Waals surface area contributed by atoms with Gasteiger partial charge in [-0.15, -0.1) is 0 Å². The van der Waals surface area contributed by atoms with E-state index in [1.807, 2.05) is 11.8 Å². The molecule has 0 saturated carbocycles. The van der Waals surface area contributed by atoms with Crippen molar-refractivity contribution >= 4 is 5.91 Å². The average Bonchev–Trinajstić information content (AvgIpc) is 2.65. The molecule has 2 fully saturated rings. The SMILES string of the molecule is CC1OCCC1C(=O)N1CCC(O)CC1. The number of ether oxygens (including phenoxy) is 1. The molecule has 86 valence electrons. The van der Waals surface area contributed by atoms with Crippen LogP contribution in [0.4, 0.5) is 0 Å². The Balaban J connectivity index is 1.90. The molecule has 2 unspecified atom stereocenters. The van der Waals surface area contributed by atoms with E-state index >= 15 is 0 Å². The lowest BCUT2D eigenvalue weighted by Crippen LogP contribution is -2.44. The van der Waals surface area contributed by atoms with Crippen molar-refractivity contribution < 1.29 is 14.6 Å². The Morgan fingerprint density at radius 3 is 2.53 bits per heavy atom. The number of carbonyl (C=O) groups is 1. The number of aliphatic hydroxyl groups is 1. The first-order valence-corrected chi connectivity index (χ1v) is 5.77. The lowest BCUT2D eigenvalue weighted by Gasteiger charge is -2.32. The summed E-state index contributed by atoms with van der Waals surface area (Å²) >= 11 is 0. The molecular formula is C11H19NO3. The summed E-state index contributed by atoms with van der Waals surface area (Å²) in [6.45, 7) is 4.06. The summed E-state index contributed by atoms with van der Waals surface area (Å²) in [6, 6.07) is 0. The van der Waals surface area contributed by atoms with E-state index < -0.39 is 0 Å². The molecule has 2 rings (SSSR count). The summed E-state index contributed by atoms with van der Waals surface area (Å²) in [6.07, 6.45) is 2.12. The second kappa shape index (κ2) is 4.49. The minimum Gasteiger partial charge on any atom is -0.393 e. The minimum absolute atomic E-state index is 0.0419.